The minimum absolute atomic E-state index is 0.143. The smallest absolute Gasteiger partial charge is 0.249 e. The van der Waals surface area contributed by atoms with Crippen molar-refractivity contribution in [3.8, 4) is 23.3 Å². The van der Waals surface area contributed by atoms with Gasteiger partial charge in [-0.25, -0.2) is 9.97 Å². The van der Waals surface area contributed by atoms with E-state index in [1.165, 1.54) is 13.3 Å². The van der Waals surface area contributed by atoms with E-state index in [4.69, 9.17) is 4.74 Å². The highest BCUT2D eigenvalue weighted by Crippen LogP contribution is 2.29. The molecule has 2 aromatic heterocycles. The number of pyridine rings is 1. The first-order valence-electron chi connectivity index (χ1n) is 11.1. The molecule has 176 valence electrons. The molecular formula is C27H25N5O3. The van der Waals surface area contributed by atoms with Crippen molar-refractivity contribution in [3.63, 3.8) is 0 Å². The lowest BCUT2D eigenvalue weighted by Crippen LogP contribution is -2.32. The van der Waals surface area contributed by atoms with E-state index in [1.54, 1.807) is 6.20 Å². The van der Waals surface area contributed by atoms with E-state index < -0.39 is 12.0 Å². The summed E-state index contributed by atoms with van der Waals surface area (Å²) in [6.45, 7) is 5.46. The van der Waals surface area contributed by atoms with Gasteiger partial charge >= 0.3 is 0 Å². The molecule has 8 nitrogen and oxygen atoms in total. The van der Waals surface area contributed by atoms with E-state index >= 15 is 0 Å². The van der Waals surface area contributed by atoms with Gasteiger partial charge in [0.2, 0.25) is 5.91 Å². The van der Waals surface area contributed by atoms with Crippen LogP contribution in [0, 0.1) is 25.7 Å². The van der Waals surface area contributed by atoms with Gasteiger partial charge in [-0.15, -0.1) is 0 Å². The van der Waals surface area contributed by atoms with Gasteiger partial charge in [0.1, 0.15) is 29.7 Å². The first-order chi connectivity index (χ1) is 16.9. The Hall–Kier alpha value is -4.48. The quantitative estimate of drug-likeness (QED) is 0.367. The third kappa shape index (κ3) is 6.10. The van der Waals surface area contributed by atoms with Crippen molar-refractivity contribution in [2.24, 2.45) is 0 Å². The number of aromatic nitrogens is 3. The largest absolute Gasteiger partial charge is 0.455 e. The van der Waals surface area contributed by atoms with Gasteiger partial charge in [-0.05, 0) is 74.9 Å². The van der Waals surface area contributed by atoms with Crippen LogP contribution in [0.15, 0.2) is 61.1 Å². The number of rotatable bonds is 6. The van der Waals surface area contributed by atoms with Gasteiger partial charge in [0.25, 0.3) is 0 Å². The van der Waals surface area contributed by atoms with Crippen molar-refractivity contribution in [2.45, 2.75) is 26.9 Å². The number of carbonyl (C=O) groups is 1. The van der Waals surface area contributed by atoms with E-state index in [1.807, 2.05) is 62.4 Å². The predicted molar refractivity (Wildman–Crippen MR) is 135 cm³/mol. The molecule has 4 rings (SSSR count). The van der Waals surface area contributed by atoms with E-state index in [9.17, 15) is 9.90 Å². The first kappa shape index (κ1) is 23.7. The number of hydrogen-bond donors (Lipinski definition) is 3. The van der Waals surface area contributed by atoms with Crippen LogP contribution in [-0.4, -0.2) is 38.6 Å². The topological polar surface area (TPSA) is 109 Å². The number of ether oxygens (including phenoxy) is 1. The monoisotopic (exact) mass is 467 g/mol. The Morgan fingerprint density at radius 3 is 2.69 bits per heavy atom. The van der Waals surface area contributed by atoms with Crippen LogP contribution in [0.5, 0.6) is 11.5 Å². The number of aliphatic hydroxyl groups is 1. The molecule has 0 aliphatic heterocycles. The summed E-state index contributed by atoms with van der Waals surface area (Å²) in [7, 11) is 0. The fourth-order valence-corrected chi connectivity index (χ4v) is 3.28. The van der Waals surface area contributed by atoms with Crippen LogP contribution in [0.4, 0.5) is 11.5 Å². The molecule has 35 heavy (non-hydrogen) atoms. The third-order valence-corrected chi connectivity index (χ3v) is 5.15. The SMILES string of the molecule is Cc1ccc(Oc2ccc(Nc3ncnc4ccc(C#CCNC(=O)[C@@H](C)O)cc34)cc2C)cn1. The zero-order valence-electron chi connectivity index (χ0n) is 19.7. The van der Waals surface area contributed by atoms with Crippen LogP contribution in [0.1, 0.15) is 23.7 Å². The summed E-state index contributed by atoms with van der Waals surface area (Å²) in [5.41, 5.74) is 4.28. The van der Waals surface area contributed by atoms with Crippen LogP contribution in [0.2, 0.25) is 0 Å². The lowest BCUT2D eigenvalue weighted by Gasteiger charge is -2.12. The first-order valence-corrected chi connectivity index (χ1v) is 11.1. The second-order valence-electron chi connectivity index (χ2n) is 7.99. The predicted octanol–water partition coefficient (Wildman–Crippen LogP) is 4.03. The fourth-order valence-electron chi connectivity index (χ4n) is 3.28. The molecule has 0 saturated heterocycles. The number of benzene rings is 2. The molecule has 1 amide bonds. The van der Waals surface area contributed by atoms with Crippen molar-refractivity contribution < 1.29 is 14.6 Å². The second-order valence-corrected chi connectivity index (χ2v) is 7.99. The van der Waals surface area contributed by atoms with Crippen molar-refractivity contribution in [1.29, 1.82) is 0 Å². The Kier molecular flexibility index (Phi) is 7.19. The molecule has 3 N–H and O–H groups in total. The number of carbonyl (C=O) groups excluding carboxylic acids is 1. The zero-order chi connectivity index (χ0) is 24.8. The van der Waals surface area contributed by atoms with E-state index in [0.717, 1.165) is 39.2 Å². The Morgan fingerprint density at radius 1 is 1.09 bits per heavy atom. The molecule has 0 aliphatic carbocycles. The summed E-state index contributed by atoms with van der Waals surface area (Å²) in [6, 6.07) is 15.2. The van der Waals surface area contributed by atoms with Crippen LogP contribution in [0.25, 0.3) is 10.9 Å². The standard InChI is InChI=1S/C27H25N5O3/c1-17-13-21(8-11-25(17)35-22-9-6-18(2)29-15-22)32-26-23-14-20(7-10-24(23)30-16-31-26)5-4-12-28-27(34)19(3)33/h6-11,13-16,19,33H,12H2,1-3H3,(H,28,34)(H,30,31,32)/t19-/m1/s1. The second kappa shape index (κ2) is 10.6. The molecule has 0 radical (unpaired) electrons. The summed E-state index contributed by atoms with van der Waals surface area (Å²) < 4.78 is 5.96. The van der Waals surface area contributed by atoms with Gasteiger partial charge in [0.05, 0.1) is 18.3 Å². The Balaban J connectivity index is 1.51. The number of nitrogens with zero attached hydrogens (tertiary/aromatic N) is 3. The lowest BCUT2D eigenvalue weighted by atomic mass is 10.1. The van der Waals surface area contributed by atoms with Crippen molar-refractivity contribution in [2.75, 3.05) is 11.9 Å². The Bertz CT molecular complexity index is 1420. The molecule has 0 fully saturated rings. The average Bonchev–Trinajstić information content (AvgIpc) is 2.85. The molecule has 0 spiro atoms. The van der Waals surface area contributed by atoms with Gasteiger partial charge in [-0.1, -0.05) is 11.8 Å². The Labute approximate surface area is 203 Å². The third-order valence-electron chi connectivity index (χ3n) is 5.15. The van der Waals surface area contributed by atoms with Crippen LogP contribution >= 0.6 is 0 Å². The molecule has 1 atom stereocenters. The van der Waals surface area contributed by atoms with Gasteiger partial charge in [-0.2, -0.15) is 0 Å². The molecule has 2 aromatic carbocycles. The van der Waals surface area contributed by atoms with Crippen molar-refractivity contribution in [1.82, 2.24) is 20.3 Å². The minimum Gasteiger partial charge on any atom is -0.455 e. The summed E-state index contributed by atoms with van der Waals surface area (Å²) in [5.74, 6) is 7.52. The summed E-state index contributed by atoms with van der Waals surface area (Å²) in [4.78, 5) is 24.4. The number of fused-ring (bicyclic) bond motifs is 1. The number of hydrogen-bond acceptors (Lipinski definition) is 7. The maximum Gasteiger partial charge on any atom is 0.249 e. The van der Waals surface area contributed by atoms with E-state index in [2.05, 4.69) is 37.4 Å². The Morgan fingerprint density at radius 2 is 1.94 bits per heavy atom. The number of aliphatic hydroxyl groups excluding tert-OH is 1. The van der Waals surface area contributed by atoms with Crippen molar-refractivity contribution in [3.05, 3.63) is 77.9 Å². The molecule has 8 heteroatoms. The molecule has 0 bridgehead atoms. The summed E-state index contributed by atoms with van der Waals surface area (Å²) >= 11 is 0. The van der Waals surface area contributed by atoms with Gasteiger partial charge in [-0.3, -0.25) is 9.78 Å². The summed E-state index contributed by atoms with van der Waals surface area (Å²) in [6.07, 6.45) is 2.15. The molecule has 0 saturated carbocycles. The van der Waals surface area contributed by atoms with Crippen molar-refractivity contribution >= 4 is 28.3 Å². The lowest BCUT2D eigenvalue weighted by molar-refractivity contribution is -0.128. The number of anilines is 2. The normalized spacial score (nSPS) is 11.3. The van der Waals surface area contributed by atoms with E-state index in [0.29, 0.717) is 11.6 Å². The molecule has 0 unspecified atom stereocenters. The maximum absolute atomic E-state index is 11.4. The van der Waals surface area contributed by atoms with Gasteiger partial charge < -0.3 is 20.5 Å². The molecule has 0 aliphatic rings. The molecule has 2 heterocycles. The maximum atomic E-state index is 11.4. The highest BCUT2D eigenvalue weighted by atomic mass is 16.5. The van der Waals surface area contributed by atoms with Crippen LogP contribution in [0.3, 0.4) is 0 Å². The van der Waals surface area contributed by atoms with Gasteiger partial charge in [0.15, 0.2) is 0 Å². The highest BCUT2D eigenvalue weighted by Gasteiger charge is 2.08. The summed E-state index contributed by atoms with van der Waals surface area (Å²) in [5, 5.41) is 15.9. The average molecular weight is 468 g/mol. The fraction of sp³-hybridized carbons (Fsp3) is 0.185. The number of nitrogens with one attached hydrogen (secondary N) is 2. The molecular weight excluding hydrogens is 442 g/mol. The number of aryl methyl sites for hydroxylation is 2. The minimum atomic E-state index is -1.06. The van der Waals surface area contributed by atoms with Gasteiger partial charge in [0, 0.05) is 22.3 Å². The molecule has 4 aromatic rings. The van der Waals surface area contributed by atoms with Crippen LogP contribution in [-0.2, 0) is 4.79 Å². The highest BCUT2D eigenvalue weighted by molar-refractivity contribution is 5.91. The zero-order valence-corrected chi connectivity index (χ0v) is 19.7. The van der Waals surface area contributed by atoms with Crippen LogP contribution < -0.4 is 15.4 Å². The van der Waals surface area contributed by atoms with E-state index in [-0.39, 0.29) is 6.54 Å². The number of amides is 1.